The van der Waals surface area contributed by atoms with Gasteiger partial charge in [0, 0.05) is 29.2 Å². The highest BCUT2D eigenvalue weighted by molar-refractivity contribution is 7.07. The first-order chi connectivity index (χ1) is 9.33. The third-order valence-corrected chi connectivity index (χ3v) is 3.56. The van der Waals surface area contributed by atoms with Crippen molar-refractivity contribution in [1.82, 2.24) is 15.3 Å². The summed E-state index contributed by atoms with van der Waals surface area (Å²) in [6.07, 6.45) is 0.759. The van der Waals surface area contributed by atoms with Gasteiger partial charge in [0.05, 0.1) is 11.2 Å². The molecule has 0 unspecified atom stereocenters. The molecule has 0 saturated carbocycles. The van der Waals surface area contributed by atoms with Crippen molar-refractivity contribution >= 4 is 28.1 Å². The van der Waals surface area contributed by atoms with Gasteiger partial charge >= 0.3 is 0 Å². The number of aromatic nitrogens is 2. The molecule has 96 valence electrons. The van der Waals surface area contributed by atoms with Crippen LogP contribution in [0.3, 0.4) is 0 Å². The third kappa shape index (κ3) is 2.66. The van der Waals surface area contributed by atoms with Gasteiger partial charge in [0.2, 0.25) is 0 Å². The van der Waals surface area contributed by atoms with E-state index in [1.165, 1.54) is 0 Å². The summed E-state index contributed by atoms with van der Waals surface area (Å²) in [7, 11) is 0. The van der Waals surface area contributed by atoms with Crippen molar-refractivity contribution in [3.05, 3.63) is 52.6 Å². The van der Waals surface area contributed by atoms with Crippen LogP contribution in [0.4, 0.5) is 0 Å². The highest BCUT2D eigenvalue weighted by Crippen LogP contribution is 2.14. The molecule has 1 aromatic carbocycles. The molecule has 0 atom stereocenters. The van der Waals surface area contributed by atoms with Crippen molar-refractivity contribution in [3.8, 4) is 0 Å². The molecule has 0 radical (unpaired) electrons. The van der Waals surface area contributed by atoms with Gasteiger partial charge in [0.1, 0.15) is 5.69 Å². The normalized spacial score (nSPS) is 10.7. The minimum Gasteiger partial charge on any atom is -0.351 e. The van der Waals surface area contributed by atoms with Gasteiger partial charge in [-0.1, -0.05) is 18.2 Å². The van der Waals surface area contributed by atoms with E-state index >= 15 is 0 Å². The van der Waals surface area contributed by atoms with Gasteiger partial charge in [-0.25, -0.2) is 4.98 Å². The lowest BCUT2D eigenvalue weighted by Crippen LogP contribution is -2.25. The molecule has 2 heterocycles. The molecule has 2 N–H and O–H groups in total. The fourth-order valence-corrected chi connectivity index (χ4v) is 2.55. The number of hydrogen-bond donors (Lipinski definition) is 2. The Labute approximate surface area is 114 Å². The molecule has 3 aromatic rings. The van der Waals surface area contributed by atoms with E-state index in [4.69, 9.17) is 0 Å². The number of nitrogens with one attached hydrogen (secondary N) is 2. The Kier molecular flexibility index (Phi) is 3.29. The molecular formula is C14H13N3OS. The molecule has 0 spiro atoms. The number of aromatic amines is 1. The van der Waals surface area contributed by atoms with Crippen molar-refractivity contribution in [2.24, 2.45) is 0 Å². The fraction of sp³-hybridized carbons (Fsp3) is 0.143. The van der Waals surface area contributed by atoms with Crippen LogP contribution < -0.4 is 5.32 Å². The quantitative estimate of drug-likeness (QED) is 0.766. The summed E-state index contributed by atoms with van der Waals surface area (Å²) in [5, 5.41) is 5.94. The average molecular weight is 271 g/mol. The number of hydrogen-bond acceptors (Lipinski definition) is 3. The largest absolute Gasteiger partial charge is 0.351 e. The summed E-state index contributed by atoms with van der Waals surface area (Å²) in [6, 6.07) is 9.72. The summed E-state index contributed by atoms with van der Waals surface area (Å²) in [5.41, 5.74) is 4.39. The van der Waals surface area contributed by atoms with Gasteiger partial charge in [-0.3, -0.25) is 4.79 Å². The molecule has 19 heavy (non-hydrogen) atoms. The number of amides is 1. The van der Waals surface area contributed by atoms with E-state index in [1.807, 2.05) is 35.7 Å². The number of rotatable bonds is 4. The topological polar surface area (TPSA) is 57.8 Å². The van der Waals surface area contributed by atoms with E-state index in [1.54, 1.807) is 16.8 Å². The van der Waals surface area contributed by atoms with Crippen molar-refractivity contribution in [2.45, 2.75) is 6.42 Å². The Bertz CT molecular complexity index is 655. The first kappa shape index (κ1) is 11.9. The summed E-state index contributed by atoms with van der Waals surface area (Å²) in [6.45, 7) is 0.595. The SMILES string of the molecule is O=C(NCCc1cscn1)c1cc2ccccc2[nH]1. The van der Waals surface area contributed by atoms with Crippen LogP contribution in [0.15, 0.2) is 41.2 Å². The number of nitrogens with zero attached hydrogens (tertiary/aromatic N) is 1. The Morgan fingerprint density at radius 3 is 3.05 bits per heavy atom. The van der Waals surface area contributed by atoms with Gasteiger partial charge in [-0.15, -0.1) is 11.3 Å². The Balaban J connectivity index is 1.63. The summed E-state index contributed by atoms with van der Waals surface area (Å²) < 4.78 is 0. The monoisotopic (exact) mass is 271 g/mol. The van der Waals surface area contributed by atoms with Crippen molar-refractivity contribution in [3.63, 3.8) is 0 Å². The zero-order valence-corrected chi connectivity index (χ0v) is 11.0. The lowest BCUT2D eigenvalue weighted by molar-refractivity contribution is 0.0950. The van der Waals surface area contributed by atoms with Crippen LogP contribution in [0, 0.1) is 0 Å². The molecule has 0 bridgehead atoms. The summed E-state index contributed by atoms with van der Waals surface area (Å²) in [4.78, 5) is 19.3. The molecule has 0 aliphatic rings. The molecular weight excluding hydrogens is 258 g/mol. The highest BCUT2D eigenvalue weighted by Gasteiger charge is 2.08. The molecule has 0 aliphatic carbocycles. The lowest BCUT2D eigenvalue weighted by atomic mass is 10.2. The third-order valence-electron chi connectivity index (χ3n) is 2.92. The van der Waals surface area contributed by atoms with E-state index in [-0.39, 0.29) is 5.91 Å². The first-order valence-corrected chi connectivity index (χ1v) is 7.00. The van der Waals surface area contributed by atoms with Crippen LogP contribution in [-0.4, -0.2) is 22.4 Å². The standard InChI is InChI=1S/C14H13N3OS/c18-14(15-6-5-11-8-19-9-16-11)13-7-10-3-1-2-4-12(10)17-13/h1-4,7-9,17H,5-6H2,(H,15,18). The van der Waals surface area contributed by atoms with Crippen LogP contribution in [0.25, 0.3) is 10.9 Å². The Morgan fingerprint density at radius 2 is 2.26 bits per heavy atom. The number of fused-ring (bicyclic) bond motifs is 1. The second kappa shape index (κ2) is 5.24. The Hall–Kier alpha value is -2.14. The maximum atomic E-state index is 12.0. The highest BCUT2D eigenvalue weighted by atomic mass is 32.1. The minimum absolute atomic E-state index is 0.0774. The zero-order chi connectivity index (χ0) is 13.1. The predicted octanol–water partition coefficient (Wildman–Crippen LogP) is 2.60. The van der Waals surface area contributed by atoms with Crippen LogP contribution in [-0.2, 0) is 6.42 Å². The number of carbonyl (C=O) groups excluding carboxylic acids is 1. The van der Waals surface area contributed by atoms with Crippen molar-refractivity contribution in [2.75, 3.05) is 6.54 Å². The van der Waals surface area contributed by atoms with Gasteiger partial charge in [-0.2, -0.15) is 0 Å². The Morgan fingerprint density at radius 1 is 1.37 bits per heavy atom. The number of thiazole rings is 1. The van der Waals surface area contributed by atoms with Gasteiger partial charge in [0.15, 0.2) is 0 Å². The molecule has 2 aromatic heterocycles. The molecule has 4 nitrogen and oxygen atoms in total. The average Bonchev–Trinajstić information content (AvgIpc) is 3.07. The zero-order valence-electron chi connectivity index (χ0n) is 10.2. The molecule has 0 aliphatic heterocycles. The van der Waals surface area contributed by atoms with E-state index < -0.39 is 0 Å². The number of carbonyl (C=O) groups is 1. The lowest BCUT2D eigenvalue weighted by Gasteiger charge is -2.01. The van der Waals surface area contributed by atoms with E-state index in [0.29, 0.717) is 12.2 Å². The summed E-state index contributed by atoms with van der Waals surface area (Å²) in [5.74, 6) is -0.0774. The maximum Gasteiger partial charge on any atom is 0.267 e. The van der Waals surface area contributed by atoms with Crippen molar-refractivity contribution < 1.29 is 4.79 Å². The second-order valence-electron chi connectivity index (χ2n) is 4.26. The predicted molar refractivity (Wildman–Crippen MR) is 76.4 cm³/mol. The maximum absolute atomic E-state index is 12.0. The van der Waals surface area contributed by atoms with Crippen LogP contribution in [0.2, 0.25) is 0 Å². The van der Waals surface area contributed by atoms with Crippen LogP contribution in [0.1, 0.15) is 16.2 Å². The fourth-order valence-electron chi connectivity index (χ4n) is 1.96. The molecule has 0 saturated heterocycles. The first-order valence-electron chi connectivity index (χ1n) is 6.06. The smallest absolute Gasteiger partial charge is 0.267 e. The number of benzene rings is 1. The molecule has 0 fully saturated rings. The summed E-state index contributed by atoms with van der Waals surface area (Å²) >= 11 is 1.57. The van der Waals surface area contributed by atoms with Crippen LogP contribution in [0.5, 0.6) is 0 Å². The van der Waals surface area contributed by atoms with E-state index in [2.05, 4.69) is 15.3 Å². The number of H-pyrrole nitrogens is 1. The minimum atomic E-state index is -0.0774. The second-order valence-corrected chi connectivity index (χ2v) is 4.97. The van der Waals surface area contributed by atoms with Crippen molar-refractivity contribution in [1.29, 1.82) is 0 Å². The van der Waals surface area contributed by atoms with Gasteiger partial charge in [-0.05, 0) is 12.1 Å². The molecule has 3 rings (SSSR count). The number of para-hydroxylation sites is 1. The van der Waals surface area contributed by atoms with E-state index in [9.17, 15) is 4.79 Å². The van der Waals surface area contributed by atoms with E-state index in [0.717, 1.165) is 23.0 Å². The molecule has 5 heteroatoms. The van der Waals surface area contributed by atoms with Gasteiger partial charge < -0.3 is 10.3 Å². The van der Waals surface area contributed by atoms with Gasteiger partial charge in [0.25, 0.3) is 5.91 Å². The van der Waals surface area contributed by atoms with Crippen LogP contribution >= 0.6 is 11.3 Å². The molecule has 1 amide bonds.